The minimum Gasteiger partial charge on any atom is -0.493 e. The largest absolute Gasteiger partial charge is 0.493 e. The number of carbonyl (C=O) groups excluding carboxylic acids is 1. The van der Waals surface area contributed by atoms with E-state index >= 15 is 0 Å². The third-order valence-electron chi connectivity index (χ3n) is 5.56. The number of aryl methyl sites for hydroxylation is 2. The van der Waals surface area contributed by atoms with E-state index in [4.69, 9.17) is 23.5 Å². The number of methoxy groups -OCH3 is 1. The number of rotatable bonds is 8. The van der Waals surface area contributed by atoms with Crippen LogP contribution in [0, 0.1) is 13.8 Å². The van der Waals surface area contributed by atoms with Gasteiger partial charge in [-0.05, 0) is 55.3 Å². The molecule has 1 aliphatic rings. The maximum absolute atomic E-state index is 12.6. The van der Waals surface area contributed by atoms with Gasteiger partial charge in [0.05, 0.1) is 18.4 Å². The van der Waals surface area contributed by atoms with E-state index < -0.39 is 0 Å². The molecule has 0 radical (unpaired) electrons. The number of hydrogen-bond donors (Lipinski definition) is 0. The average molecular weight is 465 g/mol. The number of benzene rings is 2. The Balaban J connectivity index is 1.38. The van der Waals surface area contributed by atoms with Gasteiger partial charge in [-0.3, -0.25) is 4.79 Å². The molecular formula is C26H28N2O6. The van der Waals surface area contributed by atoms with Crippen LogP contribution < -0.4 is 18.9 Å². The molecule has 0 atom stereocenters. The summed E-state index contributed by atoms with van der Waals surface area (Å²) in [6, 6.07) is 11.2. The molecule has 0 bridgehead atoms. The second-order valence-corrected chi connectivity index (χ2v) is 8.01. The predicted molar refractivity (Wildman–Crippen MR) is 126 cm³/mol. The lowest BCUT2D eigenvalue weighted by Crippen LogP contribution is -2.24. The second-order valence-electron chi connectivity index (χ2n) is 8.01. The highest BCUT2D eigenvalue weighted by atomic mass is 16.6. The van der Waals surface area contributed by atoms with Crippen molar-refractivity contribution in [2.24, 2.45) is 0 Å². The molecule has 34 heavy (non-hydrogen) atoms. The normalized spacial score (nSPS) is 12.6. The molecule has 0 unspecified atom stereocenters. The van der Waals surface area contributed by atoms with Crippen LogP contribution in [0.15, 0.2) is 47.0 Å². The average Bonchev–Trinajstić information content (AvgIpc) is 3.18. The van der Waals surface area contributed by atoms with Crippen molar-refractivity contribution >= 4 is 12.0 Å². The number of aromatic nitrogens is 1. The molecule has 4 rings (SSSR count). The summed E-state index contributed by atoms with van der Waals surface area (Å²) in [7, 11) is 3.34. The Kier molecular flexibility index (Phi) is 7.06. The molecule has 1 aliphatic heterocycles. The number of ether oxygens (including phenoxy) is 4. The summed E-state index contributed by atoms with van der Waals surface area (Å²) >= 11 is 0. The Bertz CT molecular complexity index is 1180. The molecule has 0 saturated carbocycles. The molecule has 178 valence electrons. The van der Waals surface area contributed by atoms with Gasteiger partial charge in [0.2, 0.25) is 5.91 Å². The fourth-order valence-electron chi connectivity index (χ4n) is 3.60. The van der Waals surface area contributed by atoms with Gasteiger partial charge in [0.15, 0.2) is 23.0 Å². The van der Waals surface area contributed by atoms with Crippen LogP contribution >= 0.6 is 0 Å². The summed E-state index contributed by atoms with van der Waals surface area (Å²) in [5.74, 6) is 3.23. The summed E-state index contributed by atoms with van der Waals surface area (Å²) in [5, 5.41) is 3.94. The molecule has 0 N–H and O–H groups in total. The van der Waals surface area contributed by atoms with E-state index in [9.17, 15) is 4.79 Å². The Labute approximate surface area is 198 Å². The summed E-state index contributed by atoms with van der Waals surface area (Å²) in [4.78, 5) is 14.3. The molecule has 8 nitrogen and oxygen atoms in total. The van der Waals surface area contributed by atoms with E-state index in [-0.39, 0.29) is 5.91 Å². The third-order valence-corrected chi connectivity index (χ3v) is 5.56. The van der Waals surface area contributed by atoms with Gasteiger partial charge in [0.25, 0.3) is 0 Å². The molecule has 0 saturated heterocycles. The van der Waals surface area contributed by atoms with Gasteiger partial charge in [0, 0.05) is 19.7 Å². The first kappa shape index (κ1) is 23.2. The number of carbonyl (C=O) groups is 1. The fraction of sp³-hybridized carbons (Fsp3) is 0.308. The number of likely N-dealkylation sites (N-methyl/N-ethyl adjacent to an activating group) is 1. The molecule has 8 heteroatoms. The van der Waals surface area contributed by atoms with Gasteiger partial charge in [-0.1, -0.05) is 17.3 Å². The quantitative estimate of drug-likeness (QED) is 0.459. The fourth-order valence-corrected chi connectivity index (χ4v) is 3.60. The van der Waals surface area contributed by atoms with Crippen LogP contribution in [0.4, 0.5) is 0 Å². The highest BCUT2D eigenvalue weighted by molar-refractivity contribution is 5.91. The standard InChI is InChI=1S/C26H28N2O6/c1-17-21(18(2)34-27-17)16-33-22-8-5-19(13-24(22)30-4)7-10-26(29)28(3)15-20-6-9-23-25(14-20)32-12-11-31-23/h5-10,13-14H,11-12,15-16H2,1-4H3/b10-7+. The highest BCUT2D eigenvalue weighted by Gasteiger charge is 2.14. The van der Waals surface area contributed by atoms with Crippen molar-refractivity contribution in [3.8, 4) is 23.0 Å². The SMILES string of the molecule is COc1cc(/C=C/C(=O)N(C)Cc2ccc3c(c2)OCCO3)ccc1OCc1c(C)noc1C. The first-order valence-electron chi connectivity index (χ1n) is 11.0. The molecule has 1 amide bonds. The maximum atomic E-state index is 12.6. The van der Waals surface area contributed by atoms with E-state index in [1.165, 1.54) is 6.08 Å². The van der Waals surface area contributed by atoms with Gasteiger partial charge >= 0.3 is 0 Å². The lowest BCUT2D eigenvalue weighted by atomic mass is 10.1. The lowest BCUT2D eigenvalue weighted by Gasteiger charge is -2.20. The Morgan fingerprint density at radius 2 is 1.88 bits per heavy atom. The van der Waals surface area contributed by atoms with Crippen LogP contribution in [0.25, 0.3) is 6.08 Å². The molecule has 2 heterocycles. The van der Waals surface area contributed by atoms with Gasteiger partial charge < -0.3 is 28.4 Å². The first-order chi connectivity index (χ1) is 16.4. The van der Waals surface area contributed by atoms with Crippen molar-refractivity contribution < 1.29 is 28.3 Å². The summed E-state index contributed by atoms with van der Waals surface area (Å²) in [5.41, 5.74) is 3.50. The summed E-state index contributed by atoms with van der Waals surface area (Å²) in [6.07, 6.45) is 3.29. The van der Waals surface area contributed by atoms with E-state index in [0.717, 1.165) is 33.9 Å². The van der Waals surface area contributed by atoms with Crippen molar-refractivity contribution in [3.05, 3.63) is 70.6 Å². The minimum absolute atomic E-state index is 0.118. The topological polar surface area (TPSA) is 83.3 Å². The third kappa shape index (κ3) is 5.33. The van der Waals surface area contributed by atoms with Crippen LogP contribution in [0.2, 0.25) is 0 Å². The van der Waals surface area contributed by atoms with E-state index in [1.807, 2.05) is 50.2 Å². The maximum Gasteiger partial charge on any atom is 0.246 e. The van der Waals surface area contributed by atoms with Gasteiger partial charge in [-0.15, -0.1) is 0 Å². The van der Waals surface area contributed by atoms with Crippen LogP contribution in [-0.2, 0) is 17.9 Å². The molecular weight excluding hydrogens is 436 g/mol. The second kappa shape index (κ2) is 10.3. The Hall–Kier alpha value is -3.94. The molecule has 0 fully saturated rings. The van der Waals surface area contributed by atoms with Crippen molar-refractivity contribution in [2.75, 3.05) is 27.4 Å². The molecule has 2 aromatic carbocycles. The van der Waals surface area contributed by atoms with Crippen molar-refractivity contribution in [1.82, 2.24) is 10.1 Å². The zero-order chi connectivity index (χ0) is 24.1. The van der Waals surface area contributed by atoms with Crippen molar-refractivity contribution in [2.45, 2.75) is 27.0 Å². The van der Waals surface area contributed by atoms with Crippen molar-refractivity contribution in [3.63, 3.8) is 0 Å². The number of fused-ring (bicyclic) bond motifs is 1. The smallest absolute Gasteiger partial charge is 0.246 e. The van der Waals surface area contributed by atoms with E-state index in [0.29, 0.717) is 43.6 Å². The Morgan fingerprint density at radius 3 is 2.62 bits per heavy atom. The van der Waals surface area contributed by atoms with Gasteiger partial charge in [-0.25, -0.2) is 0 Å². The van der Waals surface area contributed by atoms with Crippen LogP contribution in [-0.4, -0.2) is 43.3 Å². The first-order valence-corrected chi connectivity index (χ1v) is 11.0. The molecule has 3 aromatic rings. The molecule has 0 spiro atoms. The lowest BCUT2D eigenvalue weighted by molar-refractivity contribution is -0.125. The van der Waals surface area contributed by atoms with Crippen LogP contribution in [0.5, 0.6) is 23.0 Å². The zero-order valence-corrected chi connectivity index (χ0v) is 19.8. The highest BCUT2D eigenvalue weighted by Crippen LogP contribution is 2.31. The zero-order valence-electron chi connectivity index (χ0n) is 19.8. The van der Waals surface area contributed by atoms with Crippen LogP contribution in [0.3, 0.4) is 0 Å². The number of hydrogen-bond acceptors (Lipinski definition) is 7. The molecule has 0 aliphatic carbocycles. The minimum atomic E-state index is -0.118. The van der Waals surface area contributed by atoms with Gasteiger partial charge in [0.1, 0.15) is 25.6 Å². The van der Waals surface area contributed by atoms with Crippen LogP contribution in [0.1, 0.15) is 28.1 Å². The monoisotopic (exact) mass is 464 g/mol. The van der Waals surface area contributed by atoms with E-state index in [1.54, 1.807) is 25.1 Å². The van der Waals surface area contributed by atoms with E-state index in [2.05, 4.69) is 5.16 Å². The number of nitrogens with zero attached hydrogens (tertiary/aromatic N) is 2. The summed E-state index contributed by atoms with van der Waals surface area (Å²) < 4.78 is 27.7. The predicted octanol–water partition coefficient (Wildman–Crippen LogP) is 4.32. The molecule has 1 aromatic heterocycles. The number of amides is 1. The van der Waals surface area contributed by atoms with Crippen molar-refractivity contribution in [1.29, 1.82) is 0 Å². The summed E-state index contributed by atoms with van der Waals surface area (Å²) in [6.45, 7) is 5.59. The Morgan fingerprint density at radius 1 is 1.09 bits per heavy atom. The van der Waals surface area contributed by atoms with Gasteiger partial charge in [-0.2, -0.15) is 0 Å².